The van der Waals surface area contributed by atoms with E-state index in [-0.39, 0.29) is 0 Å². The first-order chi connectivity index (χ1) is 9.31. The predicted molar refractivity (Wildman–Crippen MR) is 74.1 cm³/mol. The van der Waals surface area contributed by atoms with Crippen LogP contribution in [-0.4, -0.2) is 11.6 Å². The first kappa shape index (κ1) is 11.6. The number of hydrogen-bond acceptors (Lipinski definition) is 4. The molecule has 3 aromatic rings. The zero-order valence-corrected chi connectivity index (χ0v) is 10.4. The van der Waals surface area contributed by atoms with Crippen LogP contribution < -0.4 is 10.5 Å². The molecule has 1 heterocycles. The Kier molecular flexibility index (Phi) is 3.06. The van der Waals surface area contributed by atoms with E-state index in [9.17, 15) is 0 Å². The van der Waals surface area contributed by atoms with Gasteiger partial charge < -0.3 is 14.9 Å². The van der Waals surface area contributed by atoms with Crippen LogP contribution in [0.4, 0.5) is 5.69 Å². The highest BCUT2D eigenvalue weighted by molar-refractivity contribution is 5.76. The van der Waals surface area contributed by atoms with Gasteiger partial charge >= 0.3 is 0 Å². The number of benzene rings is 2. The molecule has 2 aromatic carbocycles. The van der Waals surface area contributed by atoms with Gasteiger partial charge in [0.2, 0.25) is 0 Å². The lowest BCUT2D eigenvalue weighted by Crippen LogP contribution is -2.01. The van der Waals surface area contributed by atoms with Crippen molar-refractivity contribution in [1.82, 2.24) is 4.98 Å². The predicted octanol–water partition coefficient (Wildman–Crippen LogP) is 3.03. The molecule has 4 heteroatoms. The van der Waals surface area contributed by atoms with Gasteiger partial charge in [0.1, 0.15) is 11.3 Å². The Balaban J connectivity index is 1.65. The molecule has 19 heavy (non-hydrogen) atoms. The summed E-state index contributed by atoms with van der Waals surface area (Å²) in [4.78, 5) is 4.38. The second-order valence-corrected chi connectivity index (χ2v) is 4.25. The zero-order valence-electron chi connectivity index (χ0n) is 10.4. The molecule has 0 radical (unpaired) electrons. The van der Waals surface area contributed by atoms with E-state index in [1.54, 1.807) is 12.1 Å². The van der Waals surface area contributed by atoms with E-state index in [1.165, 1.54) is 0 Å². The van der Waals surface area contributed by atoms with Crippen LogP contribution in [0.2, 0.25) is 0 Å². The summed E-state index contributed by atoms with van der Waals surface area (Å²) >= 11 is 0. The van der Waals surface area contributed by atoms with Gasteiger partial charge in [-0.25, -0.2) is 4.98 Å². The van der Waals surface area contributed by atoms with Crippen molar-refractivity contribution < 1.29 is 9.15 Å². The van der Waals surface area contributed by atoms with Gasteiger partial charge in [0, 0.05) is 5.69 Å². The first-order valence-electron chi connectivity index (χ1n) is 6.14. The Bertz CT molecular complexity index is 677. The minimum absolute atomic E-state index is 0.534. The molecule has 0 aliphatic rings. The SMILES string of the molecule is Nc1ccc2oc(CCOc3ccccc3)nc2c1. The maximum Gasteiger partial charge on any atom is 0.198 e. The van der Waals surface area contributed by atoms with Crippen LogP contribution in [0.5, 0.6) is 5.75 Å². The van der Waals surface area contributed by atoms with Crippen molar-refractivity contribution in [2.45, 2.75) is 6.42 Å². The van der Waals surface area contributed by atoms with E-state index in [0.29, 0.717) is 24.6 Å². The van der Waals surface area contributed by atoms with Gasteiger partial charge in [-0.15, -0.1) is 0 Å². The number of ether oxygens (including phenoxy) is 1. The van der Waals surface area contributed by atoms with E-state index >= 15 is 0 Å². The number of nitrogens with zero attached hydrogens (tertiary/aromatic N) is 1. The molecule has 0 saturated heterocycles. The molecule has 1 aromatic heterocycles. The summed E-state index contributed by atoms with van der Waals surface area (Å²) in [6.07, 6.45) is 0.628. The van der Waals surface area contributed by atoms with Crippen LogP contribution in [-0.2, 0) is 6.42 Å². The Hall–Kier alpha value is -2.49. The van der Waals surface area contributed by atoms with Crippen molar-refractivity contribution in [2.24, 2.45) is 0 Å². The molecule has 0 bridgehead atoms. The number of rotatable bonds is 4. The lowest BCUT2D eigenvalue weighted by atomic mass is 10.3. The number of para-hydroxylation sites is 1. The standard InChI is InChI=1S/C15H14N2O2/c16-11-6-7-14-13(10-11)17-15(19-14)8-9-18-12-4-2-1-3-5-12/h1-7,10H,8-9,16H2. The van der Waals surface area contributed by atoms with Gasteiger partial charge in [0.15, 0.2) is 11.5 Å². The highest BCUT2D eigenvalue weighted by Crippen LogP contribution is 2.18. The number of anilines is 1. The summed E-state index contributed by atoms with van der Waals surface area (Å²) in [6.45, 7) is 0.534. The van der Waals surface area contributed by atoms with Gasteiger partial charge in [-0.05, 0) is 30.3 Å². The highest BCUT2D eigenvalue weighted by atomic mass is 16.5. The Morgan fingerprint density at radius 3 is 2.79 bits per heavy atom. The molecule has 0 spiro atoms. The third-order valence-electron chi connectivity index (χ3n) is 2.78. The van der Waals surface area contributed by atoms with Crippen molar-refractivity contribution >= 4 is 16.8 Å². The van der Waals surface area contributed by atoms with Crippen molar-refractivity contribution in [2.75, 3.05) is 12.3 Å². The largest absolute Gasteiger partial charge is 0.493 e. The first-order valence-corrected chi connectivity index (χ1v) is 6.14. The quantitative estimate of drug-likeness (QED) is 0.727. The molecule has 3 rings (SSSR count). The molecule has 0 aliphatic heterocycles. The topological polar surface area (TPSA) is 61.3 Å². The van der Waals surface area contributed by atoms with Gasteiger partial charge in [-0.1, -0.05) is 18.2 Å². The smallest absolute Gasteiger partial charge is 0.198 e. The Morgan fingerprint density at radius 2 is 1.95 bits per heavy atom. The fraction of sp³-hybridized carbons (Fsp3) is 0.133. The number of oxazole rings is 1. The summed E-state index contributed by atoms with van der Waals surface area (Å²) in [5, 5.41) is 0. The summed E-state index contributed by atoms with van der Waals surface area (Å²) in [5.74, 6) is 1.51. The summed E-state index contributed by atoms with van der Waals surface area (Å²) in [6, 6.07) is 15.1. The van der Waals surface area contributed by atoms with Crippen LogP contribution in [0.1, 0.15) is 5.89 Å². The summed E-state index contributed by atoms with van der Waals surface area (Å²) in [5.41, 5.74) is 7.93. The van der Waals surface area contributed by atoms with Crippen LogP contribution in [0.3, 0.4) is 0 Å². The minimum atomic E-state index is 0.534. The lowest BCUT2D eigenvalue weighted by molar-refractivity contribution is 0.308. The molecule has 0 saturated carbocycles. The molecule has 0 amide bonds. The number of aromatic nitrogens is 1. The Labute approximate surface area is 110 Å². The number of hydrogen-bond donors (Lipinski definition) is 1. The van der Waals surface area contributed by atoms with Crippen LogP contribution in [0, 0.1) is 0 Å². The maximum absolute atomic E-state index is 5.70. The number of fused-ring (bicyclic) bond motifs is 1. The van der Waals surface area contributed by atoms with E-state index in [1.807, 2.05) is 36.4 Å². The molecule has 0 aliphatic carbocycles. The van der Waals surface area contributed by atoms with E-state index in [4.69, 9.17) is 14.9 Å². The average molecular weight is 254 g/mol. The molecule has 0 unspecified atom stereocenters. The second kappa shape index (κ2) is 5.02. The van der Waals surface area contributed by atoms with Crippen molar-refractivity contribution in [3.8, 4) is 5.75 Å². The molecular weight excluding hydrogens is 240 g/mol. The highest BCUT2D eigenvalue weighted by Gasteiger charge is 2.06. The third-order valence-corrected chi connectivity index (χ3v) is 2.78. The van der Waals surface area contributed by atoms with E-state index in [0.717, 1.165) is 16.8 Å². The monoisotopic (exact) mass is 254 g/mol. The summed E-state index contributed by atoms with van der Waals surface area (Å²) in [7, 11) is 0. The fourth-order valence-corrected chi connectivity index (χ4v) is 1.87. The summed E-state index contributed by atoms with van der Waals surface area (Å²) < 4.78 is 11.2. The minimum Gasteiger partial charge on any atom is -0.493 e. The van der Waals surface area contributed by atoms with Crippen LogP contribution in [0.15, 0.2) is 52.9 Å². The van der Waals surface area contributed by atoms with E-state index < -0.39 is 0 Å². The van der Waals surface area contributed by atoms with Crippen LogP contribution in [0.25, 0.3) is 11.1 Å². The van der Waals surface area contributed by atoms with Crippen molar-refractivity contribution in [3.05, 3.63) is 54.4 Å². The van der Waals surface area contributed by atoms with Gasteiger partial charge in [0.05, 0.1) is 13.0 Å². The van der Waals surface area contributed by atoms with Crippen molar-refractivity contribution in [1.29, 1.82) is 0 Å². The molecule has 0 atom stereocenters. The normalized spacial score (nSPS) is 10.7. The molecule has 0 fully saturated rings. The fourth-order valence-electron chi connectivity index (χ4n) is 1.87. The number of nitrogen functional groups attached to an aromatic ring is 1. The molecular formula is C15H14N2O2. The second-order valence-electron chi connectivity index (χ2n) is 4.25. The van der Waals surface area contributed by atoms with Crippen LogP contribution >= 0.6 is 0 Å². The van der Waals surface area contributed by atoms with E-state index in [2.05, 4.69) is 4.98 Å². The maximum atomic E-state index is 5.70. The molecule has 2 N–H and O–H groups in total. The lowest BCUT2D eigenvalue weighted by Gasteiger charge is -2.03. The van der Waals surface area contributed by atoms with Gasteiger partial charge in [-0.3, -0.25) is 0 Å². The van der Waals surface area contributed by atoms with Crippen molar-refractivity contribution in [3.63, 3.8) is 0 Å². The average Bonchev–Trinajstić information content (AvgIpc) is 2.82. The number of nitrogens with two attached hydrogens (primary N) is 1. The molecule has 96 valence electrons. The third kappa shape index (κ3) is 2.68. The Morgan fingerprint density at radius 1 is 1.11 bits per heavy atom. The molecule has 4 nitrogen and oxygen atoms in total. The van der Waals surface area contributed by atoms with Gasteiger partial charge in [0.25, 0.3) is 0 Å². The van der Waals surface area contributed by atoms with Gasteiger partial charge in [-0.2, -0.15) is 0 Å². The zero-order chi connectivity index (χ0) is 13.1.